The van der Waals surface area contributed by atoms with Crippen molar-refractivity contribution >= 4 is 38.4 Å². The number of hydrogen-bond donors (Lipinski definition) is 1. The van der Waals surface area contributed by atoms with Gasteiger partial charge in [0.05, 0.1) is 28.8 Å². The molecule has 1 aliphatic heterocycles. The number of benzene rings is 3. The summed E-state index contributed by atoms with van der Waals surface area (Å²) < 4.78 is 109. The van der Waals surface area contributed by atoms with Crippen LogP contribution in [0.4, 0.5) is 32.0 Å². The van der Waals surface area contributed by atoms with E-state index in [9.17, 15) is 44.3 Å². The first-order valence-electron chi connectivity index (χ1n) is 13.4. The first-order valence-corrected chi connectivity index (χ1v) is 14.9. The lowest BCUT2D eigenvalue weighted by Crippen LogP contribution is -2.51. The second-order valence-corrected chi connectivity index (χ2v) is 11.9. The van der Waals surface area contributed by atoms with Crippen molar-refractivity contribution in [1.82, 2.24) is 14.8 Å². The molecule has 1 fully saturated rings. The largest absolute Gasteiger partial charge is 0.418 e. The summed E-state index contributed by atoms with van der Waals surface area (Å²) in [6, 6.07) is 14.2. The number of aromatic nitrogens is 1. The second-order valence-electron chi connectivity index (χ2n) is 10.2. The molecule has 2 heterocycles. The molecule has 4 aromatic rings. The maximum atomic E-state index is 14.1. The third-order valence-corrected chi connectivity index (χ3v) is 8.65. The van der Waals surface area contributed by atoms with Gasteiger partial charge >= 0.3 is 12.4 Å². The van der Waals surface area contributed by atoms with Gasteiger partial charge in [0.2, 0.25) is 5.91 Å². The van der Waals surface area contributed by atoms with Crippen LogP contribution < -0.4 is 4.72 Å². The average molecular weight is 651 g/mol. The van der Waals surface area contributed by atoms with Gasteiger partial charge in [0, 0.05) is 43.3 Å². The molecule has 1 aromatic heterocycles. The molecule has 45 heavy (non-hydrogen) atoms. The summed E-state index contributed by atoms with van der Waals surface area (Å²) in [6.45, 7) is 0.130. The number of amides is 2. The van der Waals surface area contributed by atoms with E-state index in [1.165, 1.54) is 40.3 Å². The monoisotopic (exact) mass is 650 g/mol. The molecule has 236 valence electrons. The highest BCUT2D eigenvalue weighted by atomic mass is 32.2. The molecule has 1 N–H and O–H groups in total. The Kier molecular flexibility index (Phi) is 8.49. The molecule has 8 nitrogen and oxygen atoms in total. The molecule has 1 saturated heterocycles. The number of sulfonamides is 1. The second kappa shape index (κ2) is 12.0. The number of nitrogens with one attached hydrogen (secondary N) is 1. The van der Waals surface area contributed by atoms with Gasteiger partial charge in [-0.05, 0) is 48.0 Å². The topological polar surface area (TPSA) is 99.7 Å². The van der Waals surface area contributed by atoms with E-state index < -0.39 is 45.1 Å². The molecule has 3 aromatic carbocycles. The van der Waals surface area contributed by atoms with E-state index >= 15 is 0 Å². The summed E-state index contributed by atoms with van der Waals surface area (Å²) in [6.07, 6.45) is -8.32. The number of halogens is 6. The third kappa shape index (κ3) is 7.03. The Hall–Kier alpha value is -4.66. The molecule has 0 unspecified atom stereocenters. The molecular weight excluding hydrogens is 626 g/mol. The van der Waals surface area contributed by atoms with Crippen LogP contribution in [0.3, 0.4) is 0 Å². The lowest BCUT2D eigenvalue weighted by atomic mass is 10.1. The summed E-state index contributed by atoms with van der Waals surface area (Å²) in [7, 11) is -4.52. The zero-order valence-electron chi connectivity index (χ0n) is 23.2. The molecule has 0 aliphatic carbocycles. The fourth-order valence-corrected chi connectivity index (χ4v) is 6.19. The maximum absolute atomic E-state index is 14.1. The molecule has 1 aliphatic rings. The van der Waals surface area contributed by atoms with Gasteiger partial charge in [-0.3, -0.25) is 19.3 Å². The van der Waals surface area contributed by atoms with Gasteiger partial charge < -0.3 is 9.80 Å². The van der Waals surface area contributed by atoms with Crippen LogP contribution in [0.25, 0.3) is 10.9 Å². The van der Waals surface area contributed by atoms with Crippen LogP contribution in [-0.4, -0.2) is 61.2 Å². The van der Waals surface area contributed by atoms with Crippen LogP contribution in [-0.2, 0) is 33.6 Å². The van der Waals surface area contributed by atoms with Crippen LogP contribution in [0.5, 0.6) is 0 Å². The van der Waals surface area contributed by atoms with Gasteiger partial charge in [-0.15, -0.1) is 0 Å². The smallest absolute Gasteiger partial charge is 0.339 e. The van der Waals surface area contributed by atoms with Gasteiger partial charge in [-0.2, -0.15) is 26.3 Å². The van der Waals surface area contributed by atoms with Crippen molar-refractivity contribution in [1.29, 1.82) is 0 Å². The number of rotatable bonds is 6. The lowest BCUT2D eigenvalue weighted by molar-refractivity contribution is -0.138. The molecule has 2 amide bonds. The van der Waals surface area contributed by atoms with E-state index in [1.807, 2.05) is 4.72 Å². The molecule has 0 radical (unpaired) electrons. The number of anilines is 1. The van der Waals surface area contributed by atoms with E-state index in [4.69, 9.17) is 0 Å². The number of hydrogen-bond acceptors (Lipinski definition) is 5. The quantitative estimate of drug-likeness (QED) is 0.274. The van der Waals surface area contributed by atoms with Gasteiger partial charge in [0.25, 0.3) is 15.9 Å². The number of carbonyl (C=O) groups is 2. The van der Waals surface area contributed by atoms with Crippen molar-refractivity contribution in [2.24, 2.45) is 0 Å². The number of para-hydroxylation sites is 1. The number of fused-ring (bicyclic) bond motifs is 1. The van der Waals surface area contributed by atoms with Crippen LogP contribution in [0.1, 0.15) is 27.0 Å². The van der Waals surface area contributed by atoms with Crippen LogP contribution in [0.15, 0.2) is 83.9 Å². The molecule has 0 atom stereocenters. The lowest BCUT2D eigenvalue weighted by Gasteiger charge is -2.35. The molecule has 0 bridgehead atoms. The number of carbonyl (C=O) groups excluding carboxylic acids is 2. The summed E-state index contributed by atoms with van der Waals surface area (Å²) in [5.74, 6) is -1.12. The maximum Gasteiger partial charge on any atom is 0.418 e. The van der Waals surface area contributed by atoms with E-state index in [1.54, 1.807) is 18.2 Å². The van der Waals surface area contributed by atoms with Crippen molar-refractivity contribution in [2.45, 2.75) is 23.7 Å². The highest BCUT2D eigenvalue weighted by Gasteiger charge is 2.37. The van der Waals surface area contributed by atoms with E-state index in [2.05, 4.69) is 4.98 Å². The number of pyridine rings is 1. The Labute approximate surface area is 253 Å². The zero-order chi connectivity index (χ0) is 32.6. The Morgan fingerprint density at radius 1 is 0.800 bits per heavy atom. The molecule has 0 spiro atoms. The van der Waals surface area contributed by atoms with Gasteiger partial charge in [-0.1, -0.05) is 30.3 Å². The summed E-state index contributed by atoms with van der Waals surface area (Å²) in [4.78, 5) is 32.2. The highest BCUT2D eigenvalue weighted by Crippen LogP contribution is 2.37. The van der Waals surface area contributed by atoms with Crippen molar-refractivity contribution in [3.05, 3.63) is 101 Å². The Morgan fingerprint density at radius 2 is 1.44 bits per heavy atom. The standard InChI is InChI=1S/C30H24F6N4O4S/c31-29(32,33)22-9-6-19(7-10-22)17-26(41)39-13-15-40(16-14-39)28(42)21-8-11-24(23(18-21)30(34,35)36)38-45(43,44)25-5-1-3-20-4-2-12-37-27(20)25/h1-12,18,38H,13-17H2. The van der Waals surface area contributed by atoms with Gasteiger partial charge in [-0.25, -0.2) is 8.42 Å². The number of nitrogens with zero attached hydrogens (tertiary/aromatic N) is 3. The number of alkyl halides is 6. The molecular formula is C30H24F6N4O4S. The van der Waals surface area contributed by atoms with Crippen LogP contribution in [0.2, 0.25) is 0 Å². The molecule has 5 rings (SSSR count). The van der Waals surface area contributed by atoms with Gasteiger partial charge in [0.15, 0.2) is 0 Å². The third-order valence-electron chi connectivity index (χ3n) is 7.26. The predicted molar refractivity (Wildman–Crippen MR) is 152 cm³/mol. The van der Waals surface area contributed by atoms with Crippen molar-refractivity contribution in [2.75, 3.05) is 30.9 Å². The fourth-order valence-electron chi connectivity index (χ4n) is 4.93. The SMILES string of the molecule is O=C(Cc1ccc(C(F)(F)F)cc1)N1CCN(C(=O)c2ccc(NS(=O)(=O)c3cccc4cccnc34)c(C(F)(F)F)c2)CC1. The van der Waals surface area contributed by atoms with Crippen molar-refractivity contribution in [3.63, 3.8) is 0 Å². The first kappa shape index (κ1) is 31.8. The normalized spacial score (nSPS) is 14.4. The van der Waals surface area contributed by atoms with E-state index in [0.717, 1.165) is 24.3 Å². The summed E-state index contributed by atoms with van der Waals surface area (Å²) in [5, 5.41) is 0.471. The fraction of sp³-hybridized carbons (Fsp3) is 0.233. The minimum Gasteiger partial charge on any atom is -0.339 e. The van der Waals surface area contributed by atoms with Gasteiger partial charge in [0.1, 0.15) is 4.90 Å². The van der Waals surface area contributed by atoms with E-state index in [0.29, 0.717) is 17.0 Å². The molecule has 15 heteroatoms. The summed E-state index contributed by atoms with van der Waals surface area (Å²) >= 11 is 0. The van der Waals surface area contributed by atoms with Crippen LogP contribution in [0, 0.1) is 0 Å². The minimum atomic E-state index is -5.02. The Bertz CT molecular complexity index is 1850. The first-order chi connectivity index (χ1) is 21.1. The predicted octanol–water partition coefficient (Wildman–Crippen LogP) is 5.60. The highest BCUT2D eigenvalue weighted by molar-refractivity contribution is 7.93. The van der Waals surface area contributed by atoms with Crippen molar-refractivity contribution < 1.29 is 44.3 Å². The van der Waals surface area contributed by atoms with E-state index in [-0.39, 0.29) is 54.5 Å². The van der Waals surface area contributed by atoms with Crippen molar-refractivity contribution in [3.8, 4) is 0 Å². The Balaban J connectivity index is 1.28. The molecule has 0 saturated carbocycles. The minimum absolute atomic E-state index is 0.00139. The Morgan fingerprint density at radius 3 is 2.09 bits per heavy atom. The number of piperazine rings is 1. The van der Waals surface area contributed by atoms with Crippen LogP contribution >= 0.6 is 0 Å². The summed E-state index contributed by atoms with van der Waals surface area (Å²) in [5.41, 5.74) is -2.86. The zero-order valence-corrected chi connectivity index (χ0v) is 24.0. The average Bonchev–Trinajstić information content (AvgIpc) is 3.00.